The molecule has 0 N–H and O–H groups in total. The summed E-state index contributed by atoms with van der Waals surface area (Å²) in [7, 11) is -3.32. The predicted octanol–water partition coefficient (Wildman–Crippen LogP) is 6.17. The van der Waals surface area contributed by atoms with Crippen LogP contribution in [0.1, 0.15) is 27.0 Å². The van der Waals surface area contributed by atoms with E-state index in [9.17, 15) is 17.8 Å². The molecule has 0 aliphatic rings. The maximum absolute atomic E-state index is 13.2. The molecule has 0 spiro atoms. The number of hydrogen-bond acceptors (Lipinski definition) is 8. The Bertz CT molecular complexity index is 2310. The third kappa shape index (κ3) is 9.35. The second-order valence-corrected chi connectivity index (χ2v) is 12.5. The van der Waals surface area contributed by atoms with Gasteiger partial charge in [-0.15, -0.1) is 6.42 Å². The van der Waals surface area contributed by atoms with Gasteiger partial charge in [-0.25, -0.2) is 8.42 Å². The van der Waals surface area contributed by atoms with E-state index in [2.05, 4.69) is 5.92 Å². The zero-order valence-electron chi connectivity index (χ0n) is 28.0. The molecule has 6 aromatic rings. The summed E-state index contributed by atoms with van der Waals surface area (Å²) in [5.41, 5.74) is 4.26. The number of terminal acetylenes is 1. The Kier molecular flexibility index (Phi) is 12.2. The Morgan fingerprint density at radius 2 is 1.08 bits per heavy atom. The van der Waals surface area contributed by atoms with Crippen LogP contribution in [0, 0.1) is 19.3 Å². The van der Waals surface area contributed by atoms with Crippen molar-refractivity contribution in [3.8, 4) is 63.7 Å². The van der Waals surface area contributed by atoms with Gasteiger partial charge >= 0.3 is 51.4 Å². The first-order valence-corrected chi connectivity index (χ1v) is 16.7. The van der Waals surface area contributed by atoms with Gasteiger partial charge in [-0.1, -0.05) is 36.3 Å². The van der Waals surface area contributed by atoms with Gasteiger partial charge in [0.25, 0.3) is 0 Å². The second kappa shape index (κ2) is 16.5. The maximum atomic E-state index is 13.2. The number of benzene rings is 6. The number of methoxy groups -OCH3 is 1. The van der Waals surface area contributed by atoms with Crippen LogP contribution >= 0.6 is 0 Å². The van der Waals surface area contributed by atoms with E-state index in [0.717, 1.165) is 28.5 Å². The number of ketones is 1. The van der Waals surface area contributed by atoms with Crippen LogP contribution in [0.15, 0.2) is 138 Å². The minimum absolute atomic E-state index is 0. The van der Waals surface area contributed by atoms with Crippen LogP contribution in [0.25, 0.3) is 11.1 Å². The zero-order chi connectivity index (χ0) is 35.3. The fourth-order valence-corrected chi connectivity index (χ4v) is 5.69. The monoisotopic (exact) mass is 720 g/mol. The van der Waals surface area contributed by atoms with Crippen LogP contribution in [0.2, 0.25) is 0 Å². The molecular formula is C41H29KO8S. The van der Waals surface area contributed by atoms with E-state index in [1.807, 2.05) is 61.5 Å². The van der Waals surface area contributed by atoms with Crippen LogP contribution in [0.3, 0.4) is 0 Å². The van der Waals surface area contributed by atoms with Crippen LogP contribution in [-0.2, 0) is 10.1 Å². The van der Waals surface area contributed by atoms with Gasteiger partial charge in [-0.3, -0.25) is 4.79 Å². The van der Waals surface area contributed by atoms with Crippen molar-refractivity contribution in [3.05, 3.63) is 156 Å². The molecule has 6 aromatic carbocycles. The Morgan fingerprint density at radius 3 is 1.59 bits per heavy atom. The molecule has 0 unspecified atom stereocenters. The SMILES string of the molecule is C#Cc1ccc(C)cc1Oc1ccc(Oc2ccc(C(=O)c3ccc(Oc4ccc(-c5ccc(OC)cc5)cc4)cc3)cc2)c(S(=O)(=O)[O-])c1.[K+]. The number of ether oxygens (including phenoxy) is 4. The Morgan fingerprint density at radius 1 is 0.608 bits per heavy atom. The molecule has 0 radical (unpaired) electrons. The normalized spacial score (nSPS) is 10.7. The molecule has 8 nitrogen and oxygen atoms in total. The molecule has 51 heavy (non-hydrogen) atoms. The van der Waals surface area contributed by atoms with E-state index < -0.39 is 15.0 Å². The summed E-state index contributed by atoms with van der Waals surface area (Å²) in [4.78, 5) is 12.6. The van der Waals surface area contributed by atoms with E-state index in [0.29, 0.717) is 33.9 Å². The first-order valence-electron chi connectivity index (χ1n) is 15.3. The van der Waals surface area contributed by atoms with Crippen molar-refractivity contribution in [1.82, 2.24) is 0 Å². The fourth-order valence-electron chi connectivity index (χ4n) is 5.07. The van der Waals surface area contributed by atoms with Crippen molar-refractivity contribution in [2.75, 3.05) is 7.11 Å². The molecule has 0 aromatic heterocycles. The molecule has 0 saturated heterocycles. The molecule has 0 amide bonds. The van der Waals surface area contributed by atoms with E-state index in [-0.39, 0.29) is 74.4 Å². The van der Waals surface area contributed by atoms with E-state index >= 15 is 0 Å². The van der Waals surface area contributed by atoms with Crippen molar-refractivity contribution < 1.29 is 88.1 Å². The van der Waals surface area contributed by atoms with Crippen LogP contribution in [0.5, 0.6) is 40.2 Å². The van der Waals surface area contributed by atoms with Gasteiger partial charge in [0.05, 0.1) is 12.7 Å². The molecule has 0 bridgehead atoms. The number of hydrogen-bond donors (Lipinski definition) is 0. The minimum atomic E-state index is -4.95. The van der Waals surface area contributed by atoms with Crippen molar-refractivity contribution in [3.63, 3.8) is 0 Å². The number of carbonyl (C=O) groups excluding carboxylic acids is 1. The van der Waals surface area contributed by atoms with E-state index in [1.165, 1.54) is 24.3 Å². The van der Waals surface area contributed by atoms with Gasteiger partial charge in [0.15, 0.2) is 5.78 Å². The molecule has 0 fully saturated rings. The van der Waals surface area contributed by atoms with Crippen molar-refractivity contribution in [1.29, 1.82) is 0 Å². The molecule has 0 saturated carbocycles. The first-order chi connectivity index (χ1) is 24.1. The fraction of sp³-hybridized carbons (Fsp3) is 0.0488. The Balaban J connectivity index is 0.00000504. The summed E-state index contributed by atoms with van der Waals surface area (Å²) >= 11 is 0. The molecule has 0 aliphatic carbocycles. The molecule has 248 valence electrons. The summed E-state index contributed by atoms with van der Waals surface area (Å²) in [5, 5.41) is 0. The molecule has 6 rings (SSSR count). The number of rotatable bonds is 11. The molecule has 0 heterocycles. The quantitative estimate of drug-likeness (QED) is 0.0677. The second-order valence-electron chi connectivity index (χ2n) is 11.1. The van der Waals surface area contributed by atoms with Crippen molar-refractivity contribution >= 4 is 15.9 Å². The zero-order valence-corrected chi connectivity index (χ0v) is 31.9. The molecule has 0 aliphatic heterocycles. The van der Waals surface area contributed by atoms with Gasteiger partial charge in [-0.2, -0.15) is 0 Å². The summed E-state index contributed by atoms with van der Waals surface area (Å²) < 4.78 is 59.2. The van der Waals surface area contributed by atoms with E-state index in [4.69, 9.17) is 25.4 Å². The third-order valence-electron chi connectivity index (χ3n) is 7.68. The van der Waals surface area contributed by atoms with Crippen molar-refractivity contribution in [2.45, 2.75) is 11.8 Å². The van der Waals surface area contributed by atoms with Gasteiger partial charge in [-0.05, 0) is 121 Å². The van der Waals surface area contributed by atoms with Gasteiger partial charge in [0.2, 0.25) is 0 Å². The van der Waals surface area contributed by atoms with E-state index in [1.54, 1.807) is 55.6 Å². The van der Waals surface area contributed by atoms with Crippen LogP contribution < -0.4 is 70.3 Å². The standard InChI is InChI=1S/C41H30O8S.K/c1-4-28-6-5-27(2)25-39(28)49-37-23-24-38(40(26-37)50(43,44)45)48-36-21-13-32(14-22-36)41(42)31-11-19-35(20-12-31)47-34-17-9-30(10-18-34)29-7-15-33(46-3)16-8-29;/h1,5-26H,2-3H3,(H,43,44,45);/q;+1/p-1. The smallest absolute Gasteiger partial charge is 0.744 e. The van der Waals surface area contributed by atoms with Gasteiger partial charge in [0, 0.05) is 17.2 Å². The Labute approximate surface area is 339 Å². The first kappa shape index (κ1) is 37.5. The number of aryl methyl sites for hydroxylation is 1. The number of carbonyl (C=O) groups is 1. The summed E-state index contributed by atoms with van der Waals surface area (Å²) in [6.45, 7) is 1.86. The Hall–Kier alpha value is -4.70. The van der Waals surface area contributed by atoms with Crippen LogP contribution in [-0.4, -0.2) is 25.9 Å². The van der Waals surface area contributed by atoms with Gasteiger partial charge < -0.3 is 23.5 Å². The topological polar surface area (TPSA) is 111 Å². The largest absolute Gasteiger partial charge is 1.00 e. The minimum Gasteiger partial charge on any atom is -0.744 e. The third-order valence-corrected chi connectivity index (χ3v) is 8.54. The predicted molar refractivity (Wildman–Crippen MR) is 188 cm³/mol. The molecule has 0 atom stereocenters. The summed E-state index contributed by atoms with van der Waals surface area (Å²) in [6, 6.07) is 37.5. The molecular weight excluding hydrogens is 692 g/mol. The summed E-state index contributed by atoms with van der Waals surface area (Å²) in [5.74, 6) is 4.74. The van der Waals surface area contributed by atoms with Crippen molar-refractivity contribution in [2.24, 2.45) is 0 Å². The average Bonchev–Trinajstić information content (AvgIpc) is 3.13. The van der Waals surface area contributed by atoms with Gasteiger partial charge in [0.1, 0.15) is 55.3 Å². The average molecular weight is 721 g/mol. The molecule has 10 heteroatoms. The summed E-state index contributed by atoms with van der Waals surface area (Å²) in [6.07, 6.45) is 5.56. The maximum Gasteiger partial charge on any atom is 1.00 e. The van der Waals surface area contributed by atoms with Crippen LogP contribution in [0.4, 0.5) is 0 Å².